The number of rotatable bonds is 6. The second-order valence-electron chi connectivity index (χ2n) is 7.62. The van der Waals surface area contributed by atoms with Crippen molar-refractivity contribution in [1.29, 1.82) is 0 Å². The van der Waals surface area contributed by atoms with Crippen molar-refractivity contribution in [1.82, 2.24) is 10.2 Å². The van der Waals surface area contributed by atoms with Gasteiger partial charge in [0, 0.05) is 31.7 Å². The molecule has 1 fully saturated rings. The van der Waals surface area contributed by atoms with Gasteiger partial charge in [-0.2, -0.15) is 0 Å². The Labute approximate surface area is 121 Å². The minimum absolute atomic E-state index is 0.365. The molecule has 0 saturated carbocycles. The molecule has 1 N–H and O–H groups in total. The van der Waals surface area contributed by atoms with E-state index in [1.807, 2.05) is 0 Å². The Balaban J connectivity index is 2.62. The molecule has 0 radical (unpaired) electrons. The van der Waals surface area contributed by atoms with Crippen molar-refractivity contribution in [2.24, 2.45) is 11.3 Å². The van der Waals surface area contributed by atoms with E-state index in [0.29, 0.717) is 11.5 Å². The van der Waals surface area contributed by atoms with E-state index in [4.69, 9.17) is 0 Å². The number of nitrogens with one attached hydrogen (secondary N) is 1. The maximum Gasteiger partial charge on any atom is 0.0244 e. The van der Waals surface area contributed by atoms with Gasteiger partial charge in [0.2, 0.25) is 0 Å². The van der Waals surface area contributed by atoms with E-state index in [9.17, 15) is 0 Å². The first-order valence-electron chi connectivity index (χ1n) is 8.35. The van der Waals surface area contributed by atoms with E-state index in [2.05, 4.69) is 51.8 Å². The molecule has 1 aliphatic rings. The highest BCUT2D eigenvalue weighted by Gasteiger charge is 2.33. The van der Waals surface area contributed by atoms with Crippen LogP contribution in [-0.4, -0.2) is 36.6 Å². The number of nitrogens with zero attached hydrogens (tertiary/aromatic N) is 1. The van der Waals surface area contributed by atoms with Crippen LogP contribution in [0.4, 0.5) is 0 Å². The van der Waals surface area contributed by atoms with Gasteiger partial charge >= 0.3 is 0 Å². The zero-order valence-electron chi connectivity index (χ0n) is 14.1. The maximum absolute atomic E-state index is 3.79. The van der Waals surface area contributed by atoms with Crippen LogP contribution in [-0.2, 0) is 0 Å². The highest BCUT2D eigenvalue weighted by Crippen LogP contribution is 2.25. The van der Waals surface area contributed by atoms with Crippen LogP contribution in [0.15, 0.2) is 0 Å². The van der Waals surface area contributed by atoms with Crippen molar-refractivity contribution in [2.45, 2.75) is 79.3 Å². The molecule has 0 aromatic heterocycles. The Morgan fingerprint density at radius 1 is 1.21 bits per heavy atom. The third-order valence-corrected chi connectivity index (χ3v) is 4.53. The van der Waals surface area contributed by atoms with E-state index < -0.39 is 0 Å². The van der Waals surface area contributed by atoms with Gasteiger partial charge in [0.25, 0.3) is 0 Å². The second kappa shape index (κ2) is 7.64. The molecule has 3 unspecified atom stereocenters. The first-order chi connectivity index (χ1) is 8.88. The Kier molecular flexibility index (Phi) is 6.82. The monoisotopic (exact) mass is 268 g/mol. The summed E-state index contributed by atoms with van der Waals surface area (Å²) in [5.74, 6) is 0.836. The summed E-state index contributed by atoms with van der Waals surface area (Å²) >= 11 is 0. The summed E-state index contributed by atoms with van der Waals surface area (Å²) in [7, 11) is 0. The van der Waals surface area contributed by atoms with Gasteiger partial charge < -0.3 is 5.32 Å². The van der Waals surface area contributed by atoms with Crippen LogP contribution < -0.4 is 5.32 Å². The van der Waals surface area contributed by atoms with Crippen LogP contribution in [0.5, 0.6) is 0 Å². The molecule has 0 aliphatic carbocycles. The van der Waals surface area contributed by atoms with E-state index in [1.165, 1.54) is 45.3 Å². The molecule has 0 amide bonds. The minimum atomic E-state index is 0.365. The normalized spacial score (nSPS) is 27.5. The predicted octanol–water partition coefficient (Wildman–Crippen LogP) is 3.91. The Hall–Kier alpha value is -0.0800. The summed E-state index contributed by atoms with van der Waals surface area (Å²) in [5, 5.41) is 3.79. The summed E-state index contributed by atoms with van der Waals surface area (Å²) in [6.07, 6.45) is 5.31. The molecule has 1 aliphatic heterocycles. The van der Waals surface area contributed by atoms with Gasteiger partial charge in [-0.1, -0.05) is 54.4 Å². The van der Waals surface area contributed by atoms with Gasteiger partial charge in [0.15, 0.2) is 0 Å². The van der Waals surface area contributed by atoms with Gasteiger partial charge in [0.05, 0.1) is 0 Å². The molecule has 1 heterocycles. The second-order valence-corrected chi connectivity index (χ2v) is 7.62. The summed E-state index contributed by atoms with van der Waals surface area (Å²) < 4.78 is 0. The van der Waals surface area contributed by atoms with Crippen molar-refractivity contribution in [3.8, 4) is 0 Å². The molecule has 114 valence electrons. The van der Waals surface area contributed by atoms with E-state index in [0.717, 1.165) is 12.0 Å². The molecule has 19 heavy (non-hydrogen) atoms. The highest BCUT2D eigenvalue weighted by molar-refractivity contribution is 4.92. The molecule has 2 nitrogen and oxygen atoms in total. The van der Waals surface area contributed by atoms with Crippen LogP contribution in [0.2, 0.25) is 0 Å². The maximum atomic E-state index is 3.79. The largest absolute Gasteiger partial charge is 0.311 e. The topological polar surface area (TPSA) is 15.3 Å². The summed E-state index contributed by atoms with van der Waals surface area (Å²) in [5.41, 5.74) is 0.365. The van der Waals surface area contributed by atoms with Gasteiger partial charge in [-0.15, -0.1) is 0 Å². The summed E-state index contributed by atoms with van der Waals surface area (Å²) in [6.45, 7) is 17.8. The Morgan fingerprint density at radius 3 is 2.42 bits per heavy atom. The van der Waals surface area contributed by atoms with E-state index in [-0.39, 0.29) is 0 Å². The lowest BCUT2D eigenvalue weighted by molar-refractivity contribution is 0.0683. The van der Waals surface area contributed by atoms with Crippen LogP contribution in [0.1, 0.15) is 67.2 Å². The molecular formula is C17H36N2. The standard InChI is InChI=1S/C17H36N2/c1-7-9-14(3)12-19-13-16(17(4,5)6)18-11-15(19)10-8-2/h14-16,18H,7-13H2,1-6H3. The molecular weight excluding hydrogens is 232 g/mol. The molecule has 0 spiro atoms. The van der Waals surface area contributed by atoms with E-state index >= 15 is 0 Å². The Morgan fingerprint density at radius 2 is 1.89 bits per heavy atom. The van der Waals surface area contributed by atoms with Crippen LogP contribution in [0, 0.1) is 11.3 Å². The fourth-order valence-corrected chi connectivity index (χ4v) is 3.26. The van der Waals surface area contributed by atoms with Crippen molar-refractivity contribution >= 4 is 0 Å². The fourth-order valence-electron chi connectivity index (χ4n) is 3.26. The zero-order chi connectivity index (χ0) is 14.5. The smallest absolute Gasteiger partial charge is 0.0244 e. The fraction of sp³-hybridized carbons (Fsp3) is 1.00. The number of piperazine rings is 1. The SMILES string of the molecule is CCCC(C)CN1CC(C(C)(C)C)NCC1CCC. The third-order valence-electron chi connectivity index (χ3n) is 4.53. The van der Waals surface area contributed by atoms with Crippen molar-refractivity contribution in [3.63, 3.8) is 0 Å². The molecule has 1 rings (SSSR count). The lowest BCUT2D eigenvalue weighted by Gasteiger charge is -2.46. The van der Waals surface area contributed by atoms with Crippen molar-refractivity contribution in [3.05, 3.63) is 0 Å². The average molecular weight is 268 g/mol. The van der Waals surface area contributed by atoms with Crippen molar-refractivity contribution < 1.29 is 0 Å². The van der Waals surface area contributed by atoms with Crippen molar-refractivity contribution in [2.75, 3.05) is 19.6 Å². The average Bonchev–Trinajstić information content (AvgIpc) is 2.30. The first-order valence-corrected chi connectivity index (χ1v) is 8.35. The first kappa shape index (κ1) is 17.0. The van der Waals surface area contributed by atoms with Gasteiger partial charge in [-0.25, -0.2) is 0 Å². The lowest BCUT2D eigenvalue weighted by atomic mass is 9.84. The molecule has 1 saturated heterocycles. The number of hydrogen-bond acceptors (Lipinski definition) is 2. The summed E-state index contributed by atoms with van der Waals surface area (Å²) in [6, 6.07) is 1.39. The third kappa shape index (κ3) is 5.43. The van der Waals surface area contributed by atoms with Gasteiger partial charge in [0.1, 0.15) is 0 Å². The molecule has 0 aromatic carbocycles. The zero-order valence-corrected chi connectivity index (χ0v) is 14.1. The lowest BCUT2D eigenvalue weighted by Crippen LogP contribution is -2.60. The molecule has 0 aromatic rings. The van der Waals surface area contributed by atoms with Gasteiger partial charge in [-0.05, 0) is 24.2 Å². The quantitative estimate of drug-likeness (QED) is 0.785. The molecule has 3 atom stereocenters. The summed E-state index contributed by atoms with van der Waals surface area (Å²) in [4.78, 5) is 2.77. The molecule has 0 bridgehead atoms. The van der Waals surface area contributed by atoms with Crippen LogP contribution in [0.3, 0.4) is 0 Å². The molecule has 2 heteroatoms. The van der Waals surface area contributed by atoms with Gasteiger partial charge in [-0.3, -0.25) is 4.90 Å². The van der Waals surface area contributed by atoms with E-state index in [1.54, 1.807) is 0 Å². The number of hydrogen-bond donors (Lipinski definition) is 1. The highest BCUT2D eigenvalue weighted by atomic mass is 15.2. The minimum Gasteiger partial charge on any atom is -0.311 e. The Bertz CT molecular complexity index is 244. The van der Waals surface area contributed by atoms with Crippen LogP contribution in [0.25, 0.3) is 0 Å². The van der Waals surface area contributed by atoms with Crippen LogP contribution >= 0.6 is 0 Å². The predicted molar refractivity (Wildman–Crippen MR) is 85.6 cm³/mol.